The van der Waals surface area contributed by atoms with Gasteiger partial charge in [0, 0.05) is 24.5 Å². The first-order valence-electron chi connectivity index (χ1n) is 7.53. The fraction of sp³-hybridized carbons (Fsp3) is 0.412. The van der Waals surface area contributed by atoms with Crippen molar-refractivity contribution in [1.29, 1.82) is 0 Å². The third-order valence-electron chi connectivity index (χ3n) is 3.17. The molecular weight excluding hydrogens is 262 g/mol. The van der Waals surface area contributed by atoms with Crippen molar-refractivity contribution in [2.45, 2.75) is 40.2 Å². The summed E-state index contributed by atoms with van der Waals surface area (Å²) in [6, 6.07) is 7.93. The molecule has 0 aliphatic heterocycles. The molecule has 112 valence electrons. The standard InChI is InChI=1S/C17H23N3O/c1-4-7-15-10-14(12-18-5-2)11-17(20-15)21-16-8-6-9-19-13(16)3/h6,8-11,18H,4-5,7,12H2,1-3H3. The summed E-state index contributed by atoms with van der Waals surface area (Å²) >= 11 is 0. The second-order valence-corrected chi connectivity index (χ2v) is 5.02. The van der Waals surface area contributed by atoms with Gasteiger partial charge in [0.05, 0.1) is 5.69 Å². The molecule has 0 saturated heterocycles. The summed E-state index contributed by atoms with van der Waals surface area (Å²) in [7, 11) is 0. The predicted molar refractivity (Wildman–Crippen MR) is 84.7 cm³/mol. The van der Waals surface area contributed by atoms with Crippen LogP contribution >= 0.6 is 0 Å². The minimum absolute atomic E-state index is 0.643. The molecular formula is C17H23N3O. The lowest BCUT2D eigenvalue weighted by atomic mass is 10.1. The highest BCUT2D eigenvalue weighted by Crippen LogP contribution is 2.23. The number of aryl methyl sites for hydroxylation is 2. The van der Waals surface area contributed by atoms with Crippen LogP contribution in [-0.2, 0) is 13.0 Å². The summed E-state index contributed by atoms with van der Waals surface area (Å²) in [6.07, 6.45) is 3.80. The second kappa shape index (κ2) is 7.74. The molecule has 21 heavy (non-hydrogen) atoms. The first kappa shape index (κ1) is 15.4. The molecule has 2 rings (SSSR count). The Bertz CT molecular complexity index is 584. The lowest BCUT2D eigenvalue weighted by Gasteiger charge is -2.11. The highest BCUT2D eigenvalue weighted by atomic mass is 16.5. The third-order valence-corrected chi connectivity index (χ3v) is 3.17. The summed E-state index contributed by atoms with van der Waals surface area (Å²) in [6.45, 7) is 7.97. The van der Waals surface area contributed by atoms with Crippen LogP contribution in [0.5, 0.6) is 11.6 Å². The topological polar surface area (TPSA) is 47.0 Å². The van der Waals surface area contributed by atoms with E-state index in [0.717, 1.165) is 43.1 Å². The van der Waals surface area contributed by atoms with Crippen LogP contribution in [0, 0.1) is 6.92 Å². The van der Waals surface area contributed by atoms with E-state index < -0.39 is 0 Å². The maximum Gasteiger partial charge on any atom is 0.219 e. The quantitative estimate of drug-likeness (QED) is 0.843. The zero-order valence-electron chi connectivity index (χ0n) is 13.0. The third kappa shape index (κ3) is 4.53. The molecule has 0 bridgehead atoms. The Labute approximate surface area is 126 Å². The monoisotopic (exact) mass is 285 g/mol. The molecule has 2 aromatic rings. The van der Waals surface area contributed by atoms with E-state index in [0.29, 0.717) is 5.88 Å². The number of hydrogen-bond acceptors (Lipinski definition) is 4. The first-order valence-corrected chi connectivity index (χ1v) is 7.53. The van der Waals surface area contributed by atoms with Crippen LogP contribution in [0.1, 0.15) is 37.2 Å². The Morgan fingerprint density at radius 1 is 1.24 bits per heavy atom. The SMILES string of the molecule is CCCc1cc(CNCC)cc(Oc2cccnc2C)n1. The van der Waals surface area contributed by atoms with Crippen LogP contribution < -0.4 is 10.1 Å². The van der Waals surface area contributed by atoms with Gasteiger partial charge in [-0.15, -0.1) is 0 Å². The van der Waals surface area contributed by atoms with Gasteiger partial charge in [-0.25, -0.2) is 4.98 Å². The van der Waals surface area contributed by atoms with Crippen molar-refractivity contribution < 1.29 is 4.74 Å². The van der Waals surface area contributed by atoms with Crippen LogP contribution in [0.4, 0.5) is 0 Å². The lowest BCUT2D eigenvalue weighted by Crippen LogP contribution is -2.12. The highest BCUT2D eigenvalue weighted by molar-refractivity contribution is 5.32. The smallest absolute Gasteiger partial charge is 0.219 e. The van der Waals surface area contributed by atoms with Crippen molar-refractivity contribution in [2.75, 3.05) is 6.54 Å². The van der Waals surface area contributed by atoms with E-state index in [4.69, 9.17) is 4.74 Å². The van der Waals surface area contributed by atoms with Crippen LogP contribution in [-0.4, -0.2) is 16.5 Å². The maximum absolute atomic E-state index is 5.92. The number of nitrogens with one attached hydrogen (secondary N) is 1. The van der Waals surface area contributed by atoms with E-state index in [-0.39, 0.29) is 0 Å². The van der Waals surface area contributed by atoms with Gasteiger partial charge in [-0.05, 0) is 43.7 Å². The van der Waals surface area contributed by atoms with Crippen molar-refractivity contribution in [2.24, 2.45) is 0 Å². The number of aromatic nitrogens is 2. The van der Waals surface area contributed by atoms with Crippen molar-refractivity contribution in [3.8, 4) is 11.6 Å². The van der Waals surface area contributed by atoms with Gasteiger partial charge in [0.1, 0.15) is 0 Å². The van der Waals surface area contributed by atoms with Gasteiger partial charge in [-0.1, -0.05) is 20.3 Å². The molecule has 0 aliphatic carbocycles. The van der Waals surface area contributed by atoms with Gasteiger partial charge < -0.3 is 10.1 Å². The molecule has 0 atom stereocenters. The van der Waals surface area contributed by atoms with Crippen molar-refractivity contribution in [3.63, 3.8) is 0 Å². The summed E-state index contributed by atoms with van der Waals surface area (Å²) in [5.41, 5.74) is 3.14. The maximum atomic E-state index is 5.92. The van der Waals surface area contributed by atoms with Crippen LogP contribution in [0.3, 0.4) is 0 Å². The number of rotatable bonds is 7. The fourth-order valence-electron chi connectivity index (χ4n) is 2.12. The van der Waals surface area contributed by atoms with Crippen molar-refractivity contribution >= 4 is 0 Å². The van der Waals surface area contributed by atoms with Gasteiger partial charge in [0.25, 0.3) is 0 Å². The summed E-state index contributed by atoms with van der Waals surface area (Å²) < 4.78 is 5.92. The Hall–Kier alpha value is -1.94. The van der Waals surface area contributed by atoms with Gasteiger partial charge >= 0.3 is 0 Å². The molecule has 0 fully saturated rings. The minimum Gasteiger partial charge on any atom is -0.437 e. The number of pyridine rings is 2. The number of nitrogens with zero attached hydrogens (tertiary/aromatic N) is 2. The number of hydrogen-bond donors (Lipinski definition) is 1. The Balaban J connectivity index is 2.24. The lowest BCUT2D eigenvalue weighted by molar-refractivity contribution is 0.453. The average Bonchev–Trinajstić information content (AvgIpc) is 2.48. The first-order chi connectivity index (χ1) is 10.2. The minimum atomic E-state index is 0.643. The predicted octanol–water partition coefficient (Wildman–Crippen LogP) is 3.64. The molecule has 0 saturated carbocycles. The van der Waals surface area contributed by atoms with E-state index in [2.05, 4.69) is 35.2 Å². The largest absolute Gasteiger partial charge is 0.437 e. The molecule has 0 amide bonds. The summed E-state index contributed by atoms with van der Waals surface area (Å²) in [5, 5.41) is 3.34. The van der Waals surface area contributed by atoms with Crippen molar-refractivity contribution in [3.05, 3.63) is 47.4 Å². The van der Waals surface area contributed by atoms with Gasteiger partial charge in [-0.3, -0.25) is 4.98 Å². The number of ether oxygens (including phenoxy) is 1. The zero-order chi connectivity index (χ0) is 15.1. The molecule has 2 aromatic heterocycles. The van der Waals surface area contributed by atoms with E-state index in [9.17, 15) is 0 Å². The van der Waals surface area contributed by atoms with E-state index in [1.54, 1.807) is 6.20 Å². The van der Waals surface area contributed by atoms with Gasteiger partial charge in [-0.2, -0.15) is 0 Å². The molecule has 0 spiro atoms. The Kier molecular flexibility index (Phi) is 5.69. The summed E-state index contributed by atoms with van der Waals surface area (Å²) in [4.78, 5) is 8.83. The molecule has 0 unspecified atom stereocenters. The molecule has 2 heterocycles. The van der Waals surface area contributed by atoms with Crippen molar-refractivity contribution in [1.82, 2.24) is 15.3 Å². The summed E-state index contributed by atoms with van der Waals surface area (Å²) in [5.74, 6) is 1.40. The highest BCUT2D eigenvalue weighted by Gasteiger charge is 2.07. The van der Waals surface area contributed by atoms with Crippen LogP contribution in [0.25, 0.3) is 0 Å². The Morgan fingerprint density at radius 2 is 2.10 bits per heavy atom. The van der Waals surface area contributed by atoms with Gasteiger partial charge in [0.2, 0.25) is 5.88 Å². The molecule has 1 N–H and O–H groups in total. The van der Waals surface area contributed by atoms with Crippen LogP contribution in [0.2, 0.25) is 0 Å². The Morgan fingerprint density at radius 3 is 2.81 bits per heavy atom. The normalized spacial score (nSPS) is 10.6. The molecule has 0 radical (unpaired) electrons. The van der Waals surface area contributed by atoms with Crippen LogP contribution in [0.15, 0.2) is 30.5 Å². The van der Waals surface area contributed by atoms with Gasteiger partial charge in [0.15, 0.2) is 5.75 Å². The van der Waals surface area contributed by atoms with E-state index in [1.165, 1.54) is 5.56 Å². The molecule has 0 aromatic carbocycles. The van der Waals surface area contributed by atoms with E-state index >= 15 is 0 Å². The average molecular weight is 285 g/mol. The van der Waals surface area contributed by atoms with E-state index in [1.807, 2.05) is 25.1 Å². The molecule has 4 heteroatoms. The second-order valence-electron chi connectivity index (χ2n) is 5.02. The zero-order valence-corrected chi connectivity index (χ0v) is 13.0. The molecule has 4 nitrogen and oxygen atoms in total. The fourth-order valence-corrected chi connectivity index (χ4v) is 2.12. The molecule has 0 aliphatic rings.